The number of benzene rings is 1. The summed E-state index contributed by atoms with van der Waals surface area (Å²) >= 11 is 6.18. The molecule has 0 bridgehead atoms. The lowest BCUT2D eigenvalue weighted by Gasteiger charge is -2.35. The Morgan fingerprint density at radius 2 is 2.05 bits per heavy atom. The number of aromatic nitrogens is 4. The molecule has 3 rings (SSSR count). The van der Waals surface area contributed by atoms with Gasteiger partial charge in [0.25, 0.3) is 5.91 Å². The largest absolute Gasteiger partial charge is 0.338 e. The maximum atomic E-state index is 12.7. The molecule has 1 saturated heterocycles. The number of likely N-dealkylation sites (tertiary alicyclic amines) is 1. The van der Waals surface area contributed by atoms with Gasteiger partial charge in [-0.15, -0.1) is 10.2 Å². The number of piperidine rings is 1. The van der Waals surface area contributed by atoms with Gasteiger partial charge in [0.1, 0.15) is 0 Å². The quantitative estimate of drug-likeness (QED) is 0.923. The van der Waals surface area contributed by atoms with E-state index in [-0.39, 0.29) is 5.91 Å². The lowest BCUT2D eigenvalue weighted by molar-refractivity contribution is 0.0623. The Balaban J connectivity index is 1.88. The minimum atomic E-state index is 0.0276. The number of nitrogens with one attached hydrogen (secondary N) is 1. The van der Waals surface area contributed by atoms with Gasteiger partial charge in [0.15, 0.2) is 0 Å². The number of nitrogens with zero attached hydrogens (tertiary/aromatic N) is 4. The third-order valence-electron chi connectivity index (χ3n) is 3.96. The summed E-state index contributed by atoms with van der Waals surface area (Å²) in [5, 5.41) is 14.3. The summed E-state index contributed by atoms with van der Waals surface area (Å²) in [6, 6.07) is 5.19. The number of hydrogen-bond acceptors (Lipinski definition) is 4. The van der Waals surface area contributed by atoms with Crippen LogP contribution in [0.3, 0.4) is 0 Å². The number of aromatic amines is 1. The van der Waals surface area contributed by atoms with Gasteiger partial charge < -0.3 is 4.90 Å². The van der Waals surface area contributed by atoms with E-state index in [2.05, 4.69) is 34.5 Å². The van der Waals surface area contributed by atoms with Crippen LogP contribution in [-0.2, 0) is 0 Å². The van der Waals surface area contributed by atoms with Crippen LogP contribution in [-0.4, -0.2) is 44.5 Å². The second-order valence-corrected chi connectivity index (χ2v) is 6.49. The molecule has 2 aromatic rings. The Bertz CT molecular complexity index is 663. The molecule has 6 nitrogen and oxygen atoms in total. The summed E-state index contributed by atoms with van der Waals surface area (Å²) in [4.78, 5) is 14.7. The highest BCUT2D eigenvalue weighted by Crippen LogP contribution is 2.28. The number of carbonyl (C=O) groups excluding carboxylic acids is 1. The lowest BCUT2D eigenvalue weighted by Crippen LogP contribution is -2.42. The first-order valence-electron chi connectivity index (χ1n) is 7.37. The smallest absolute Gasteiger partial charge is 0.253 e. The molecule has 2 atom stereocenters. The fourth-order valence-electron chi connectivity index (χ4n) is 3.12. The van der Waals surface area contributed by atoms with Gasteiger partial charge in [-0.2, -0.15) is 5.21 Å². The predicted molar refractivity (Wildman–Crippen MR) is 83.5 cm³/mol. The number of tetrazole rings is 1. The molecule has 0 spiro atoms. The van der Waals surface area contributed by atoms with Crippen LogP contribution in [0.25, 0.3) is 11.4 Å². The molecule has 116 valence electrons. The van der Waals surface area contributed by atoms with Crippen molar-refractivity contribution in [1.29, 1.82) is 0 Å². The van der Waals surface area contributed by atoms with E-state index in [0.29, 0.717) is 33.8 Å². The molecule has 22 heavy (non-hydrogen) atoms. The fourth-order valence-corrected chi connectivity index (χ4v) is 3.32. The van der Waals surface area contributed by atoms with Crippen LogP contribution in [0.1, 0.15) is 30.6 Å². The van der Waals surface area contributed by atoms with Gasteiger partial charge in [-0.05, 0) is 41.7 Å². The van der Waals surface area contributed by atoms with Crippen molar-refractivity contribution in [3.05, 3.63) is 28.8 Å². The van der Waals surface area contributed by atoms with E-state index in [1.807, 2.05) is 4.90 Å². The van der Waals surface area contributed by atoms with E-state index in [0.717, 1.165) is 13.1 Å². The van der Waals surface area contributed by atoms with Crippen molar-refractivity contribution in [1.82, 2.24) is 25.5 Å². The fraction of sp³-hybridized carbons (Fsp3) is 0.467. The number of H-pyrrole nitrogens is 1. The number of hydrogen-bond donors (Lipinski definition) is 1. The SMILES string of the molecule is C[C@@H]1C[C@H](C)CN(C(=O)c2ccc(Cl)c(-c3nn[nH]n3)c2)C1. The summed E-state index contributed by atoms with van der Waals surface area (Å²) in [7, 11) is 0. The molecule has 1 aromatic carbocycles. The van der Waals surface area contributed by atoms with Crippen molar-refractivity contribution < 1.29 is 4.79 Å². The van der Waals surface area contributed by atoms with E-state index in [9.17, 15) is 4.79 Å². The van der Waals surface area contributed by atoms with Gasteiger partial charge in [-0.1, -0.05) is 25.4 Å². The van der Waals surface area contributed by atoms with Gasteiger partial charge in [0.2, 0.25) is 5.82 Å². The highest BCUT2D eigenvalue weighted by molar-refractivity contribution is 6.33. The second kappa shape index (κ2) is 6.04. The van der Waals surface area contributed by atoms with Gasteiger partial charge in [0.05, 0.1) is 5.02 Å². The Hall–Kier alpha value is -1.95. The van der Waals surface area contributed by atoms with E-state index < -0.39 is 0 Å². The van der Waals surface area contributed by atoms with Crippen LogP contribution in [0.5, 0.6) is 0 Å². The van der Waals surface area contributed by atoms with E-state index in [1.165, 1.54) is 6.42 Å². The van der Waals surface area contributed by atoms with Gasteiger partial charge in [0, 0.05) is 24.2 Å². The van der Waals surface area contributed by atoms with Crippen LogP contribution >= 0.6 is 11.6 Å². The van der Waals surface area contributed by atoms with E-state index in [4.69, 9.17) is 11.6 Å². The van der Waals surface area contributed by atoms with E-state index in [1.54, 1.807) is 18.2 Å². The lowest BCUT2D eigenvalue weighted by atomic mass is 9.91. The van der Waals surface area contributed by atoms with Crippen molar-refractivity contribution >= 4 is 17.5 Å². The average Bonchev–Trinajstić information content (AvgIpc) is 3.00. The summed E-state index contributed by atoms with van der Waals surface area (Å²) < 4.78 is 0. The first-order chi connectivity index (χ1) is 10.5. The molecule has 1 N–H and O–H groups in total. The zero-order valence-corrected chi connectivity index (χ0v) is 13.3. The number of amides is 1. The average molecular weight is 320 g/mol. The normalized spacial score (nSPS) is 21.9. The van der Waals surface area contributed by atoms with Crippen LogP contribution in [0.2, 0.25) is 5.02 Å². The molecular formula is C15H18ClN5O. The molecule has 1 fully saturated rings. The minimum absolute atomic E-state index is 0.0276. The predicted octanol–water partition coefficient (Wildman–Crippen LogP) is 2.64. The Morgan fingerprint density at radius 1 is 1.32 bits per heavy atom. The summed E-state index contributed by atoms with van der Waals surface area (Å²) in [6.07, 6.45) is 1.17. The van der Waals surface area contributed by atoms with Crippen molar-refractivity contribution in [3.8, 4) is 11.4 Å². The third-order valence-corrected chi connectivity index (χ3v) is 4.29. The Labute approximate surface area is 133 Å². The topological polar surface area (TPSA) is 74.8 Å². The maximum absolute atomic E-state index is 12.7. The zero-order chi connectivity index (χ0) is 15.7. The van der Waals surface area contributed by atoms with Crippen LogP contribution in [0.15, 0.2) is 18.2 Å². The highest BCUT2D eigenvalue weighted by atomic mass is 35.5. The molecule has 0 radical (unpaired) electrons. The Morgan fingerprint density at radius 3 is 2.68 bits per heavy atom. The highest BCUT2D eigenvalue weighted by Gasteiger charge is 2.26. The standard InChI is InChI=1S/C15H18ClN5O/c1-9-5-10(2)8-21(7-9)15(22)11-3-4-13(16)12(6-11)14-17-19-20-18-14/h3-4,6,9-10H,5,7-8H2,1-2H3,(H,17,18,19,20)/t9-,10+. The molecule has 1 aliphatic rings. The molecular weight excluding hydrogens is 302 g/mol. The van der Waals surface area contributed by atoms with Crippen LogP contribution in [0.4, 0.5) is 0 Å². The first-order valence-corrected chi connectivity index (χ1v) is 7.75. The third kappa shape index (κ3) is 2.97. The molecule has 0 saturated carbocycles. The number of carbonyl (C=O) groups is 1. The van der Waals surface area contributed by atoms with Crippen LogP contribution < -0.4 is 0 Å². The molecule has 2 heterocycles. The maximum Gasteiger partial charge on any atom is 0.253 e. The summed E-state index contributed by atoms with van der Waals surface area (Å²) in [5.74, 6) is 1.47. The van der Waals surface area contributed by atoms with Crippen LogP contribution in [0, 0.1) is 11.8 Å². The van der Waals surface area contributed by atoms with Crippen molar-refractivity contribution in [2.24, 2.45) is 11.8 Å². The summed E-state index contributed by atoms with van der Waals surface area (Å²) in [5.41, 5.74) is 1.21. The summed E-state index contributed by atoms with van der Waals surface area (Å²) in [6.45, 7) is 5.96. The minimum Gasteiger partial charge on any atom is -0.338 e. The van der Waals surface area contributed by atoms with Gasteiger partial charge in [-0.3, -0.25) is 4.79 Å². The van der Waals surface area contributed by atoms with E-state index >= 15 is 0 Å². The number of rotatable bonds is 2. The molecule has 1 aliphatic heterocycles. The molecule has 0 aliphatic carbocycles. The first kappa shape index (κ1) is 15.0. The van der Waals surface area contributed by atoms with Gasteiger partial charge >= 0.3 is 0 Å². The molecule has 0 unspecified atom stereocenters. The zero-order valence-electron chi connectivity index (χ0n) is 12.6. The molecule has 1 amide bonds. The second-order valence-electron chi connectivity index (χ2n) is 6.09. The molecule has 7 heteroatoms. The van der Waals surface area contributed by atoms with Crippen molar-refractivity contribution in [3.63, 3.8) is 0 Å². The monoisotopic (exact) mass is 319 g/mol. The number of halogens is 1. The molecule has 1 aromatic heterocycles. The van der Waals surface area contributed by atoms with Gasteiger partial charge in [-0.25, -0.2) is 0 Å². The van der Waals surface area contributed by atoms with Crippen molar-refractivity contribution in [2.45, 2.75) is 20.3 Å². The van der Waals surface area contributed by atoms with Crippen molar-refractivity contribution in [2.75, 3.05) is 13.1 Å². The Kier molecular flexibility index (Phi) is 4.11.